The molecule has 3 rings (SSSR count). The number of hydrogen-bond acceptors (Lipinski definition) is 4. The number of ether oxygens (including phenoxy) is 1. The van der Waals surface area contributed by atoms with Crippen molar-refractivity contribution in [2.45, 2.75) is 140 Å². The Morgan fingerprint density at radius 1 is 0.903 bits per heavy atom. The second-order valence-corrected chi connectivity index (χ2v) is 12.2. The van der Waals surface area contributed by atoms with E-state index in [1.807, 2.05) is 6.92 Å². The van der Waals surface area contributed by atoms with Crippen LogP contribution in [-0.4, -0.2) is 51.5 Å². The highest BCUT2D eigenvalue weighted by atomic mass is 16.6. The fourth-order valence-electron chi connectivity index (χ4n) is 6.77. The number of carbonyl (C=O) groups excluding carboxylic acids is 1. The molecule has 3 fully saturated rings. The van der Waals surface area contributed by atoms with Crippen LogP contribution in [0.4, 0.5) is 0 Å². The predicted molar refractivity (Wildman–Crippen MR) is 126 cm³/mol. The van der Waals surface area contributed by atoms with Crippen LogP contribution in [0.3, 0.4) is 0 Å². The molecule has 0 aromatic heterocycles. The highest BCUT2D eigenvalue weighted by Gasteiger charge is 2.64. The molecule has 5 heteroatoms. The molecule has 1 amide bonds. The van der Waals surface area contributed by atoms with E-state index < -0.39 is 11.3 Å². The van der Waals surface area contributed by atoms with E-state index in [1.165, 1.54) is 44.9 Å². The minimum Gasteiger partial charge on any atom is -0.396 e. The summed E-state index contributed by atoms with van der Waals surface area (Å²) >= 11 is 0. The standard InChI is InChI=1S/C26H48N2O3/c1-21(18-29)17-28-22(30)25(19-23(2,3)27-24(4,5)20-25)31-26(28)15-13-11-9-7-6-8-10-12-14-16-26/h21,27,29H,6-20H2,1-5H3. The summed E-state index contributed by atoms with van der Waals surface area (Å²) < 4.78 is 7.12. The lowest BCUT2D eigenvalue weighted by Crippen LogP contribution is -2.65. The monoisotopic (exact) mass is 436 g/mol. The molecule has 180 valence electrons. The first-order valence-corrected chi connectivity index (χ1v) is 13.0. The number of aliphatic hydroxyl groups excluding tert-OH is 1. The van der Waals surface area contributed by atoms with E-state index in [1.54, 1.807) is 0 Å². The Balaban J connectivity index is 1.95. The summed E-state index contributed by atoms with van der Waals surface area (Å²) in [5.41, 5.74) is -1.60. The number of piperidine rings is 1. The summed E-state index contributed by atoms with van der Waals surface area (Å²) in [6.07, 6.45) is 14.5. The second kappa shape index (κ2) is 9.69. The smallest absolute Gasteiger partial charge is 0.257 e. The first kappa shape index (κ1) is 25.0. The molecule has 0 aromatic carbocycles. The molecule has 2 N–H and O–H groups in total. The number of hydrogen-bond donors (Lipinski definition) is 2. The van der Waals surface area contributed by atoms with Gasteiger partial charge in [-0.25, -0.2) is 0 Å². The van der Waals surface area contributed by atoms with E-state index in [2.05, 4.69) is 37.9 Å². The molecule has 2 aliphatic heterocycles. The van der Waals surface area contributed by atoms with Gasteiger partial charge in [-0.15, -0.1) is 0 Å². The molecule has 1 saturated carbocycles. The Morgan fingerprint density at radius 2 is 1.35 bits per heavy atom. The molecular formula is C26H48N2O3. The van der Waals surface area contributed by atoms with E-state index >= 15 is 0 Å². The van der Waals surface area contributed by atoms with Crippen LogP contribution in [0.15, 0.2) is 0 Å². The van der Waals surface area contributed by atoms with Crippen molar-refractivity contribution in [2.24, 2.45) is 5.92 Å². The third kappa shape index (κ3) is 5.83. The lowest BCUT2D eigenvalue weighted by atomic mass is 9.72. The van der Waals surface area contributed by atoms with Gasteiger partial charge < -0.3 is 20.1 Å². The van der Waals surface area contributed by atoms with Crippen molar-refractivity contribution >= 4 is 5.91 Å². The van der Waals surface area contributed by atoms with Crippen LogP contribution in [-0.2, 0) is 9.53 Å². The van der Waals surface area contributed by atoms with Gasteiger partial charge in [0.25, 0.3) is 5.91 Å². The maximum atomic E-state index is 14.1. The van der Waals surface area contributed by atoms with Gasteiger partial charge >= 0.3 is 0 Å². The maximum Gasteiger partial charge on any atom is 0.257 e. The van der Waals surface area contributed by atoms with Gasteiger partial charge in [-0.1, -0.05) is 51.9 Å². The average Bonchev–Trinajstić information content (AvgIpc) is 2.84. The van der Waals surface area contributed by atoms with Gasteiger partial charge in [-0.2, -0.15) is 0 Å². The first-order chi connectivity index (χ1) is 14.5. The Labute approximate surface area is 190 Å². The summed E-state index contributed by atoms with van der Waals surface area (Å²) in [7, 11) is 0. The summed E-state index contributed by atoms with van der Waals surface area (Å²) in [6.45, 7) is 11.5. The minimum atomic E-state index is -0.759. The second-order valence-electron chi connectivity index (χ2n) is 12.2. The van der Waals surface area contributed by atoms with E-state index in [0.717, 1.165) is 25.7 Å². The van der Waals surface area contributed by atoms with Crippen molar-refractivity contribution in [3.05, 3.63) is 0 Å². The molecule has 2 saturated heterocycles. The molecule has 0 aromatic rings. The third-order valence-electron chi connectivity index (χ3n) is 7.58. The highest BCUT2D eigenvalue weighted by molar-refractivity contribution is 5.88. The number of carbonyl (C=O) groups is 1. The highest BCUT2D eigenvalue weighted by Crippen LogP contribution is 2.51. The molecular weight excluding hydrogens is 388 g/mol. The van der Waals surface area contributed by atoms with E-state index in [4.69, 9.17) is 4.74 Å². The Morgan fingerprint density at radius 3 is 1.81 bits per heavy atom. The lowest BCUT2D eigenvalue weighted by molar-refractivity contribution is -0.177. The summed E-state index contributed by atoms with van der Waals surface area (Å²) in [5.74, 6) is 0.228. The fourth-order valence-corrected chi connectivity index (χ4v) is 6.77. The van der Waals surface area contributed by atoms with Crippen molar-refractivity contribution in [1.82, 2.24) is 10.2 Å². The molecule has 0 bridgehead atoms. The number of rotatable bonds is 3. The van der Waals surface area contributed by atoms with Crippen LogP contribution in [0.25, 0.3) is 0 Å². The van der Waals surface area contributed by atoms with Crippen LogP contribution in [0.2, 0.25) is 0 Å². The van der Waals surface area contributed by atoms with Gasteiger partial charge in [0.05, 0.1) is 0 Å². The quantitative estimate of drug-likeness (QED) is 0.642. The molecule has 2 spiro atoms. The molecule has 31 heavy (non-hydrogen) atoms. The van der Waals surface area contributed by atoms with E-state index in [0.29, 0.717) is 19.4 Å². The van der Waals surface area contributed by atoms with Crippen molar-refractivity contribution in [3.8, 4) is 0 Å². The summed E-state index contributed by atoms with van der Waals surface area (Å²) in [5, 5.41) is 13.5. The van der Waals surface area contributed by atoms with Gasteiger partial charge in [0.2, 0.25) is 0 Å². The largest absolute Gasteiger partial charge is 0.396 e. The summed E-state index contributed by atoms with van der Waals surface area (Å²) in [4.78, 5) is 16.2. The molecule has 2 heterocycles. The number of nitrogens with one attached hydrogen (secondary N) is 1. The van der Waals surface area contributed by atoms with Crippen LogP contribution >= 0.6 is 0 Å². The molecule has 5 nitrogen and oxygen atoms in total. The van der Waals surface area contributed by atoms with Crippen LogP contribution in [0.1, 0.15) is 118 Å². The zero-order chi connectivity index (χ0) is 22.8. The first-order valence-electron chi connectivity index (χ1n) is 13.0. The average molecular weight is 437 g/mol. The van der Waals surface area contributed by atoms with Gasteiger partial charge in [-0.3, -0.25) is 4.79 Å². The molecule has 0 radical (unpaired) electrons. The SMILES string of the molecule is CC(CO)CN1C(=O)C2(CC(C)(C)NC(C)(C)C2)OC12CCCCCCCCCCC2. The van der Waals surface area contributed by atoms with E-state index in [9.17, 15) is 9.90 Å². The topological polar surface area (TPSA) is 61.8 Å². The minimum absolute atomic E-state index is 0.0590. The van der Waals surface area contributed by atoms with Crippen LogP contribution in [0.5, 0.6) is 0 Å². The molecule has 1 aliphatic carbocycles. The predicted octanol–water partition coefficient (Wildman–Crippen LogP) is 5.15. The Kier molecular flexibility index (Phi) is 7.81. The number of amides is 1. The molecule has 1 unspecified atom stereocenters. The lowest BCUT2D eigenvalue weighted by Gasteiger charge is -2.50. The molecule has 1 atom stereocenters. The fraction of sp³-hybridized carbons (Fsp3) is 0.962. The maximum absolute atomic E-state index is 14.1. The number of nitrogens with zero attached hydrogens (tertiary/aromatic N) is 1. The molecule has 3 aliphatic rings. The van der Waals surface area contributed by atoms with Crippen molar-refractivity contribution in [1.29, 1.82) is 0 Å². The van der Waals surface area contributed by atoms with E-state index in [-0.39, 0.29) is 29.5 Å². The van der Waals surface area contributed by atoms with Crippen LogP contribution < -0.4 is 5.32 Å². The van der Waals surface area contributed by atoms with Gasteiger partial charge in [0.1, 0.15) is 5.72 Å². The third-order valence-corrected chi connectivity index (χ3v) is 7.58. The van der Waals surface area contributed by atoms with Crippen molar-refractivity contribution < 1.29 is 14.6 Å². The van der Waals surface area contributed by atoms with Crippen LogP contribution in [0, 0.1) is 5.92 Å². The van der Waals surface area contributed by atoms with Gasteiger partial charge in [0.15, 0.2) is 5.60 Å². The Bertz CT molecular complexity index is 588. The summed E-state index contributed by atoms with van der Waals surface area (Å²) in [6, 6.07) is 0. The van der Waals surface area contributed by atoms with Crippen molar-refractivity contribution in [3.63, 3.8) is 0 Å². The number of aliphatic hydroxyl groups is 1. The Hall–Kier alpha value is -0.650. The van der Waals surface area contributed by atoms with Gasteiger partial charge in [0, 0.05) is 37.1 Å². The zero-order valence-electron chi connectivity index (χ0n) is 20.9. The zero-order valence-corrected chi connectivity index (χ0v) is 20.9. The van der Waals surface area contributed by atoms with Crippen molar-refractivity contribution in [2.75, 3.05) is 13.2 Å². The normalized spacial score (nSPS) is 29.5. The van der Waals surface area contributed by atoms with Gasteiger partial charge in [-0.05, 0) is 59.3 Å².